The van der Waals surface area contributed by atoms with Crippen molar-refractivity contribution in [1.82, 2.24) is 10.6 Å². The third-order valence-electron chi connectivity index (χ3n) is 7.22. The molecule has 0 unspecified atom stereocenters. The van der Waals surface area contributed by atoms with E-state index >= 15 is 0 Å². The summed E-state index contributed by atoms with van der Waals surface area (Å²) in [6.07, 6.45) is 2.68. The van der Waals surface area contributed by atoms with Crippen molar-refractivity contribution in [3.8, 4) is 0 Å². The van der Waals surface area contributed by atoms with Gasteiger partial charge in [0, 0.05) is 37.3 Å². The molecule has 2 aromatic carbocycles. The molecule has 0 saturated carbocycles. The molecule has 10 heteroatoms. The summed E-state index contributed by atoms with van der Waals surface area (Å²) in [6, 6.07) is 15.4. The normalized spacial score (nSPS) is 16.4. The highest BCUT2D eigenvalue weighted by molar-refractivity contribution is 5.89. The zero-order valence-electron chi connectivity index (χ0n) is 22.9. The van der Waals surface area contributed by atoms with Crippen LogP contribution in [0, 0.1) is 0 Å². The van der Waals surface area contributed by atoms with E-state index in [9.17, 15) is 9.59 Å². The summed E-state index contributed by atoms with van der Waals surface area (Å²) in [4.78, 5) is 27.5. The second-order valence-electron chi connectivity index (χ2n) is 10.3. The minimum atomic E-state index is -0.176. The van der Waals surface area contributed by atoms with Gasteiger partial charge >= 0.3 is 12.1 Å². The highest BCUT2D eigenvalue weighted by atomic mass is 16.5. The molecule has 2 saturated heterocycles. The van der Waals surface area contributed by atoms with Crippen molar-refractivity contribution < 1.29 is 28.9 Å². The molecule has 0 atom stereocenters. The summed E-state index contributed by atoms with van der Waals surface area (Å²) in [5.74, 6) is 0. The van der Waals surface area contributed by atoms with Crippen molar-refractivity contribution in [2.24, 2.45) is 0 Å². The number of hydrogen-bond donors (Lipinski definition) is 6. The number of ether oxygens (including phenoxy) is 2. The number of nitrogens with one attached hydrogen (secondary N) is 6. The van der Waals surface area contributed by atoms with Crippen LogP contribution in [-0.2, 0) is 15.9 Å². The lowest BCUT2D eigenvalue weighted by Gasteiger charge is -2.23. The Labute approximate surface area is 231 Å². The first-order valence-electron chi connectivity index (χ1n) is 14.2. The Balaban J connectivity index is 1.10. The number of benzene rings is 2. The Morgan fingerprint density at radius 1 is 0.615 bits per heavy atom. The van der Waals surface area contributed by atoms with Crippen molar-refractivity contribution in [2.75, 3.05) is 89.4 Å². The van der Waals surface area contributed by atoms with Crippen LogP contribution in [0.4, 0.5) is 21.0 Å². The number of amides is 4. The van der Waals surface area contributed by atoms with E-state index in [2.05, 4.69) is 21.3 Å². The van der Waals surface area contributed by atoms with E-state index < -0.39 is 0 Å². The Morgan fingerprint density at radius 3 is 1.38 bits per heavy atom. The average molecular weight is 541 g/mol. The lowest BCUT2D eigenvalue weighted by atomic mass is 10.0. The van der Waals surface area contributed by atoms with E-state index in [0.29, 0.717) is 13.1 Å². The summed E-state index contributed by atoms with van der Waals surface area (Å²) >= 11 is 0. The fourth-order valence-electron chi connectivity index (χ4n) is 4.90. The molecule has 4 amide bonds. The third kappa shape index (κ3) is 10.8. The molecule has 4 rings (SSSR count). The zero-order chi connectivity index (χ0) is 27.1. The fourth-order valence-corrected chi connectivity index (χ4v) is 4.90. The van der Waals surface area contributed by atoms with E-state index in [0.717, 1.165) is 107 Å². The maximum Gasteiger partial charge on any atom is 0.319 e. The van der Waals surface area contributed by atoms with Gasteiger partial charge in [0.1, 0.15) is 26.2 Å². The molecule has 0 spiro atoms. The molecular formula is C29H44N6O4+2. The Bertz CT molecular complexity index is 924. The molecule has 0 radical (unpaired) electrons. The maximum atomic E-state index is 12.2. The minimum absolute atomic E-state index is 0.176. The van der Waals surface area contributed by atoms with Crippen LogP contribution in [0.5, 0.6) is 0 Å². The second kappa shape index (κ2) is 16.0. The molecule has 10 nitrogen and oxygen atoms in total. The smallest absolute Gasteiger partial charge is 0.319 e. The van der Waals surface area contributed by atoms with Gasteiger partial charge in [-0.2, -0.15) is 0 Å². The van der Waals surface area contributed by atoms with Crippen LogP contribution in [-0.4, -0.2) is 90.8 Å². The van der Waals surface area contributed by atoms with E-state index in [1.807, 2.05) is 48.5 Å². The fraction of sp³-hybridized carbons (Fsp3) is 0.517. The number of carbonyl (C=O) groups is 2. The van der Waals surface area contributed by atoms with Gasteiger partial charge in [-0.05, 0) is 41.8 Å². The molecule has 39 heavy (non-hydrogen) atoms. The van der Waals surface area contributed by atoms with Crippen molar-refractivity contribution in [3.05, 3.63) is 59.7 Å². The van der Waals surface area contributed by atoms with Gasteiger partial charge in [-0.3, -0.25) is 0 Å². The van der Waals surface area contributed by atoms with Gasteiger partial charge in [0.05, 0.1) is 39.5 Å². The number of carbonyl (C=O) groups excluding carboxylic acids is 2. The van der Waals surface area contributed by atoms with Gasteiger partial charge in [0.25, 0.3) is 0 Å². The highest BCUT2D eigenvalue weighted by Crippen LogP contribution is 2.16. The van der Waals surface area contributed by atoms with Crippen LogP contribution >= 0.6 is 0 Å². The van der Waals surface area contributed by atoms with Crippen LogP contribution in [0.25, 0.3) is 0 Å². The molecule has 2 aliphatic rings. The Hall–Kier alpha value is -3.18. The first-order chi connectivity index (χ1) is 19.1. The lowest BCUT2D eigenvalue weighted by Crippen LogP contribution is -3.14. The van der Waals surface area contributed by atoms with E-state index in [1.165, 1.54) is 0 Å². The molecule has 0 aromatic heterocycles. The molecule has 0 bridgehead atoms. The minimum Gasteiger partial charge on any atom is -0.370 e. The molecule has 2 aromatic rings. The van der Waals surface area contributed by atoms with Gasteiger partial charge in [-0.15, -0.1) is 0 Å². The number of morpholine rings is 2. The lowest BCUT2D eigenvalue weighted by molar-refractivity contribution is -0.908. The summed E-state index contributed by atoms with van der Waals surface area (Å²) in [6.45, 7) is 11.0. The predicted molar refractivity (Wildman–Crippen MR) is 152 cm³/mol. The Morgan fingerprint density at radius 2 is 1.00 bits per heavy atom. The van der Waals surface area contributed by atoms with Gasteiger partial charge in [-0.25, -0.2) is 9.59 Å². The monoisotopic (exact) mass is 540 g/mol. The standard InChI is InChI=1S/C29H42N6O4/c36-28(30-11-1-13-34-15-19-38-20-16-34)32-26-7-3-24(4-8-26)23-25-5-9-27(10-6-25)33-29(37)31-12-2-14-35-17-21-39-22-18-35/h3-10H,1-2,11-23H2,(H2,30,32,36)(H2,31,33,37)/p+2. The zero-order valence-corrected chi connectivity index (χ0v) is 22.9. The SMILES string of the molecule is O=C(NCCC[NH+]1CCOCC1)Nc1ccc(Cc2ccc(NC(=O)NCCC[NH+]3CCOCC3)cc2)cc1. The largest absolute Gasteiger partial charge is 0.370 e. The van der Waals surface area contributed by atoms with Gasteiger partial charge in [-0.1, -0.05) is 24.3 Å². The predicted octanol–water partition coefficient (Wildman–Crippen LogP) is 0.131. The molecule has 212 valence electrons. The van der Waals surface area contributed by atoms with Crippen LogP contribution < -0.4 is 31.1 Å². The quantitative estimate of drug-likeness (QED) is 0.215. The number of anilines is 2. The average Bonchev–Trinajstić information content (AvgIpc) is 2.97. The van der Waals surface area contributed by atoms with Gasteiger partial charge < -0.3 is 40.5 Å². The third-order valence-corrected chi connectivity index (χ3v) is 7.22. The summed E-state index contributed by atoms with van der Waals surface area (Å²) in [5.41, 5.74) is 3.84. The van der Waals surface area contributed by atoms with Crippen molar-refractivity contribution in [2.45, 2.75) is 19.3 Å². The second-order valence-corrected chi connectivity index (χ2v) is 10.3. The number of quaternary nitrogens is 2. The summed E-state index contributed by atoms with van der Waals surface area (Å²) < 4.78 is 10.8. The number of hydrogen-bond acceptors (Lipinski definition) is 4. The number of rotatable bonds is 12. The first kappa shape index (κ1) is 28.8. The topological polar surface area (TPSA) is 110 Å². The highest BCUT2D eigenvalue weighted by Gasteiger charge is 2.14. The van der Waals surface area contributed by atoms with Crippen LogP contribution in [0.1, 0.15) is 24.0 Å². The van der Waals surface area contributed by atoms with Crippen molar-refractivity contribution in [1.29, 1.82) is 0 Å². The molecule has 2 fully saturated rings. The van der Waals surface area contributed by atoms with Gasteiger partial charge in [0.15, 0.2) is 0 Å². The molecule has 6 N–H and O–H groups in total. The molecular weight excluding hydrogens is 496 g/mol. The van der Waals surface area contributed by atoms with Gasteiger partial charge in [0.2, 0.25) is 0 Å². The van der Waals surface area contributed by atoms with E-state index in [1.54, 1.807) is 9.80 Å². The van der Waals surface area contributed by atoms with Crippen LogP contribution in [0.2, 0.25) is 0 Å². The first-order valence-corrected chi connectivity index (χ1v) is 14.2. The summed E-state index contributed by atoms with van der Waals surface area (Å²) in [7, 11) is 0. The maximum absolute atomic E-state index is 12.2. The molecule has 2 heterocycles. The molecule has 0 aliphatic carbocycles. The van der Waals surface area contributed by atoms with E-state index in [4.69, 9.17) is 9.47 Å². The van der Waals surface area contributed by atoms with Crippen molar-refractivity contribution in [3.63, 3.8) is 0 Å². The van der Waals surface area contributed by atoms with Crippen LogP contribution in [0.3, 0.4) is 0 Å². The number of urea groups is 2. The Kier molecular flexibility index (Phi) is 11.9. The summed E-state index contributed by atoms with van der Waals surface area (Å²) in [5, 5.41) is 11.7. The van der Waals surface area contributed by atoms with Crippen molar-refractivity contribution >= 4 is 23.4 Å². The molecule has 2 aliphatic heterocycles. The van der Waals surface area contributed by atoms with Crippen LogP contribution in [0.15, 0.2) is 48.5 Å². The van der Waals surface area contributed by atoms with E-state index in [-0.39, 0.29) is 12.1 Å².